The minimum Gasteiger partial charge on any atom is -0.324 e. The van der Waals surface area contributed by atoms with E-state index in [1.54, 1.807) is 12.4 Å². The number of pyridine rings is 1. The molecule has 1 aliphatic rings. The van der Waals surface area contributed by atoms with E-state index in [9.17, 15) is 4.79 Å². The molecule has 1 saturated heterocycles. The number of amides is 1. The van der Waals surface area contributed by atoms with Crippen LogP contribution in [0, 0.1) is 5.41 Å². The molecule has 2 heterocycles. The van der Waals surface area contributed by atoms with Gasteiger partial charge in [-0.1, -0.05) is 13.3 Å². The number of aromatic nitrogens is 1. The highest BCUT2D eigenvalue weighted by Crippen LogP contribution is 2.34. The quantitative estimate of drug-likeness (QED) is 0.894. The number of carbonyl (C=O) groups excluding carboxylic acids is 1. The predicted octanol–water partition coefficient (Wildman–Crippen LogP) is 2.95. The summed E-state index contributed by atoms with van der Waals surface area (Å²) in [6.07, 6.45) is 7.35. The van der Waals surface area contributed by atoms with Gasteiger partial charge in [0.05, 0.1) is 15.6 Å². The fraction of sp³-hybridized carbons (Fsp3) is 0.571. The van der Waals surface area contributed by atoms with E-state index in [0.717, 1.165) is 48.9 Å². The van der Waals surface area contributed by atoms with E-state index in [0.29, 0.717) is 0 Å². The highest BCUT2D eigenvalue weighted by molar-refractivity contribution is 9.10. The first kappa shape index (κ1) is 14.5. The van der Waals surface area contributed by atoms with E-state index in [1.165, 1.54) is 0 Å². The number of piperidine rings is 1. The van der Waals surface area contributed by atoms with Crippen molar-refractivity contribution in [1.29, 1.82) is 0 Å². The van der Waals surface area contributed by atoms with Crippen LogP contribution in [-0.2, 0) is 4.79 Å². The van der Waals surface area contributed by atoms with E-state index in [-0.39, 0.29) is 11.3 Å². The van der Waals surface area contributed by atoms with Crippen LogP contribution in [0.5, 0.6) is 0 Å². The van der Waals surface area contributed by atoms with Gasteiger partial charge in [0.25, 0.3) is 0 Å². The molecule has 104 valence electrons. The molecule has 5 heteroatoms. The number of rotatable bonds is 4. The monoisotopic (exact) mass is 325 g/mol. The molecular formula is C14H20BrN3O. The molecule has 1 unspecified atom stereocenters. The van der Waals surface area contributed by atoms with Gasteiger partial charge in [-0.3, -0.25) is 9.78 Å². The zero-order chi connectivity index (χ0) is 13.7. The molecule has 1 atom stereocenters. The first-order valence-corrected chi connectivity index (χ1v) is 7.59. The molecule has 4 nitrogen and oxygen atoms in total. The van der Waals surface area contributed by atoms with Crippen LogP contribution in [0.3, 0.4) is 0 Å². The third kappa shape index (κ3) is 3.34. The van der Waals surface area contributed by atoms with Crippen molar-refractivity contribution in [3.05, 3.63) is 22.9 Å². The first-order valence-electron chi connectivity index (χ1n) is 6.80. The standard InChI is InChI=1S/C14H20BrN3O/c1-2-5-14(6-3-7-17-10-14)13(19)18-12-4-8-16-9-11(12)15/h4,8-9,17H,2-3,5-7,10H2,1H3,(H,16,18,19). The van der Waals surface area contributed by atoms with Crippen molar-refractivity contribution in [1.82, 2.24) is 10.3 Å². The summed E-state index contributed by atoms with van der Waals surface area (Å²) in [6, 6.07) is 1.82. The van der Waals surface area contributed by atoms with Gasteiger partial charge in [-0.2, -0.15) is 0 Å². The topological polar surface area (TPSA) is 54.0 Å². The Morgan fingerprint density at radius 1 is 1.63 bits per heavy atom. The Labute approximate surface area is 122 Å². The Bertz CT molecular complexity index is 439. The molecule has 1 amide bonds. The van der Waals surface area contributed by atoms with Gasteiger partial charge in [-0.05, 0) is 47.8 Å². The normalized spacial score (nSPS) is 23.1. The van der Waals surface area contributed by atoms with E-state index < -0.39 is 0 Å². The van der Waals surface area contributed by atoms with Crippen LogP contribution < -0.4 is 10.6 Å². The SMILES string of the molecule is CCCC1(C(=O)Nc2ccncc2Br)CCCNC1. The zero-order valence-corrected chi connectivity index (χ0v) is 12.8. The van der Waals surface area contributed by atoms with Gasteiger partial charge >= 0.3 is 0 Å². The molecule has 1 aromatic rings. The molecule has 0 saturated carbocycles. The number of nitrogens with one attached hydrogen (secondary N) is 2. The molecule has 2 rings (SSSR count). The van der Waals surface area contributed by atoms with Gasteiger partial charge < -0.3 is 10.6 Å². The van der Waals surface area contributed by atoms with E-state index >= 15 is 0 Å². The summed E-state index contributed by atoms with van der Waals surface area (Å²) >= 11 is 3.41. The lowest BCUT2D eigenvalue weighted by Gasteiger charge is -2.36. The lowest BCUT2D eigenvalue weighted by atomic mass is 9.76. The number of carbonyl (C=O) groups is 1. The van der Waals surface area contributed by atoms with Crippen LogP contribution in [0.15, 0.2) is 22.9 Å². The van der Waals surface area contributed by atoms with Crippen LogP contribution in [0.25, 0.3) is 0 Å². The minimum atomic E-state index is -0.268. The number of halogens is 1. The summed E-state index contributed by atoms with van der Waals surface area (Å²) in [7, 11) is 0. The molecule has 0 bridgehead atoms. The van der Waals surface area contributed by atoms with Gasteiger partial charge in [0.1, 0.15) is 0 Å². The van der Waals surface area contributed by atoms with Gasteiger partial charge in [0.15, 0.2) is 0 Å². The Morgan fingerprint density at radius 2 is 2.47 bits per heavy atom. The molecule has 1 aliphatic heterocycles. The molecule has 2 N–H and O–H groups in total. The zero-order valence-electron chi connectivity index (χ0n) is 11.2. The maximum atomic E-state index is 12.6. The molecule has 19 heavy (non-hydrogen) atoms. The highest BCUT2D eigenvalue weighted by Gasteiger charge is 2.38. The Kier molecular flexibility index (Phi) is 4.93. The van der Waals surface area contributed by atoms with Crippen LogP contribution >= 0.6 is 15.9 Å². The second-order valence-electron chi connectivity index (χ2n) is 5.12. The first-order chi connectivity index (χ1) is 9.18. The molecular weight excluding hydrogens is 306 g/mol. The third-order valence-corrected chi connectivity index (χ3v) is 4.34. The Morgan fingerprint density at radius 3 is 3.11 bits per heavy atom. The summed E-state index contributed by atoms with van der Waals surface area (Å²) in [5.41, 5.74) is 0.524. The van der Waals surface area contributed by atoms with Crippen molar-refractivity contribution in [2.45, 2.75) is 32.6 Å². The molecule has 0 aliphatic carbocycles. The van der Waals surface area contributed by atoms with E-state index in [1.807, 2.05) is 6.07 Å². The average molecular weight is 326 g/mol. The van der Waals surface area contributed by atoms with Crippen molar-refractivity contribution < 1.29 is 4.79 Å². The van der Waals surface area contributed by atoms with Crippen molar-refractivity contribution in [2.75, 3.05) is 18.4 Å². The highest BCUT2D eigenvalue weighted by atomic mass is 79.9. The number of hydrogen-bond donors (Lipinski definition) is 2. The number of hydrogen-bond acceptors (Lipinski definition) is 3. The molecule has 0 aromatic carbocycles. The van der Waals surface area contributed by atoms with Gasteiger partial charge in [0, 0.05) is 18.9 Å². The van der Waals surface area contributed by atoms with Crippen molar-refractivity contribution in [2.24, 2.45) is 5.41 Å². The largest absolute Gasteiger partial charge is 0.324 e. The van der Waals surface area contributed by atoms with Crippen molar-refractivity contribution >= 4 is 27.5 Å². The Balaban J connectivity index is 2.14. The molecule has 1 fully saturated rings. The molecule has 0 radical (unpaired) electrons. The Hall–Kier alpha value is -0.940. The molecule has 0 spiro atoms. The van der Waals surface area contributed by atoms with E-state index in [4.69, 9.17) is 0 Å². The summed E-state index contributed by atoms with van der Waals surface area (Å²) in [5, 5.41) is 6.40. The summed E-state index contributed by atoms with van der Waals surface area (Å²) in [6.45, 7) is 3.92. The fourth-order valence-corrected chi connectivity index (χ4v) is 3.05. The number of anilines is 1. The third-order valence-electron chi connectivity index (χ3n) is 3.70. The van der Waals surface area contributed by atoms with Crippen molar-refractivity contribution in [3.8, 4) is 0 Å². The lowest BCUT2D eigenvalue weighted by Crippen LogP contribution is -2.48. The molecule has 1 aromatic heterocycles. The lowest BCUT2D eigenvalue weighted by molar-refractivity contribution is -0.127. The van der Waals surface area contributed by atoms with Gasteiger partial charge in [-0.15, -0.1) is 0 Å². The maximum Gasteiger partial charge on any atom is 0.231 e. The van der Waals surface area contributed by atoms with Crippen molar-refractivity contribution in [3.63, 3.8) is 0 Å². The van der Waals surface area contributed by atoms with E-state index in [2.05, 4.69) is 38.5 Å². The van der Waals surface area contributed by atoms with Gasteiger partial charge in [0.2, 0.25) is 5.91 Å². The van der Waals surface area contributed by atoms with Crippen LogP contribution in [-0.4, -0.2) is 24.0 Å². The smallest absolute Gasteiger partial charge is 0.231 e. The second kappa shape index (κ2) is 6.48. The predicted molar refractivity (Wildman–Crippen MR) is 80.0 cm³/mol. The van der Waals surface area contributed by atoms with Crippen LogP contribution in [0.2, 0.25) is 0 Å². The maximum absolute atomic E-state index is 12.6. The summed E-state index contributed by atoms with van der Waals surface area (Å²) in [5.74, 6) is 0.119. The van der Waals surface area contributed by atoms with Crippen LogP contribution in [0.1, 0.15) is 32.6 Å². The number of nitrogens with zero attached hydrogens (tertiary/aromatic N) is 1. The van der Waals surface area contributed by atoms with Gasteiger partial charge in [-0.25, -0.2) is 0 Å². The average Bonchev–Trinajstić information content (AvgIpc) is 2.42. The second-order valence-corrected chi connectivity index (χ2v) is 5.97. The summed E-state index contributed by atoms with van der Waals surface area (Å²) < 4.78 is 0.818. The minimum absolute atomic E-state index is 0.119. The van der Waals surface area contributed by atoms with Crippen LogP contribution in [0.4, 0.5) is 5.69 Å². The fourth-order valence-electron chi connectivity index (χ4n) is 2.70. The summed E-state index contributed by atoms with van der Waals surface area (Å²) in [4.78, 5) is 16.6.